The molecule has 0 amide bonds. The Kier molecular flexibility index (Phi) is 4.36. The lowest BCUT2D eigenvalue weighted by atomic mass is 9.54. The molecule has 0 spiro atoms. The Labute approximate surface area is 160 Å². The highest BCUT2D eigenvalue weighted by atomic mass is 16.7. The maximum atomic E-state index is 12.3. The van der Waals surface area contributed by atoms with Gasteiger partial charge in [0, 0.05) is 0 Å². The number of carbonyl (C=O) groups is 1. The molecule has 4 aliphatic carbocycles. The molecule has 0 saturated heterocycles. The summed E-state index contributed by atoms with van der Waals surface area (Å²) in [6.45, 7) is 1.95. The van der Waals surface area contributed by atoms with Crippen LogP contribution in [0, 0.1) is 17.8 Å². The molecule has 4 fully saturated rings. The van der Waals surface area contributed by atoms with Gasteiger partial charge in [-0.15, -0.1) is 0 Å². The predicted molar refractivity (Wildman–Crippen MR) is 101 cm³/mol. The maximum absolute atomic E-state index is 12.3. The Morgan fingerprint density at radius 1 is 1.00 bits per heavy atom. The highest BCUT2D eigenvalue weighted by Gasteiger charge is 2.52. The van der Waals surface area contributed by atoms with Crippen molar-refractivity contribution in [1.29, 1.82) is 0 Å². The van der Waals surface area contributed by atoms with E-state index in [-0.39, 0.29) is 30.1 Å². The van der Waals surface area contributed by atoms with Crippen LogP contribution in [-0.2, 0) is 14.2 Å². The van der Waals surface area contributed by atoms with Gasteiger partial charge in [0.15, 0.2) is 6.29 Å². The van der Waals surface area contributed by atoms with Gasteiger partial charge >= 0.3 is 5.97 Å². The summed E-state index contributed by atoms with van der Waals surface area (Å²) in [4.78, 5) is 12.3. The summed E-state index contributed by atoms with van der Waals surface area (Å²) in [6, 6.07) is 9.08. The molecule has 4 heteroatoms. The van der Waals surface area contributed by atoms with Crippen LogP contribution in [0.15, 0.2) is 42.5 Å². The zero-order valence-corrected chi connectivity index (χ0v) is 15.9. The fourth-order valence-corrected chi connectivity index (χ4v) is 6.08. The summed E-state index contributed by atoms with van der Waals surface area (Å²) >= 11 is 0. The highest BCUT2D eigenvalue weighted by molar-refractivity contribution is 5.89. The minimum absolute atomic E-state index is 0.0109. The molecule has 4 bridgehead atoms. The summed E-state index contributed by atoms with van der Waals surface area (Å²) in [6.07, 6.45) is 10.7. The first-order valence-corrected chi connectivity index (χ1v) is 10.4. The van der Waals surface area contributed by atoms with Crippen molar-refractivity contribution in [2.45, 2.75) is 69.5 Å². The maximum Gasteiger partial charge on any atom is 0.338 e. The van der Waals surface area contributed by atoms with Crippen molar-refractivity contribution in [2.24, 2.45) is 17.8 Å². The monoisotopic (exact) mass is 368 g/mol. The lowest BCUT2D eigenvalue weighted by molar-refractivity contribution is -0.257. The predicted octanol–water partition coefficient (Wildman–Crippen LogP) is 4.50. The third-order valence-corrected chi connectivity index (χ3v) is 6.87. The third-order valence-electron chi connectivity index (χ3n) is 6.87. The van der Waals surface area contributed by atoms with E-state index in [0.717, 1.165) is 17.8 Å². The van der Waals surface area contributed by atoms with Gasteiger partial charge in [-0.3, -0.25) is 0 Å². The van der Waals surface area contributed by atoms with Crippen molar-refractivity contribution in [3.8, 4) is 0 Å². The lowest BCUT2D eigenvalue weighted by Crippen LogP contribution is -2.54. The van der Waals surface area contributed by atoms with Crippen LogP contribution in [0.1, 0.15) is 55.8 Å². The molecule has 4 saturated carbocycles. The van der Waals surface area contributed by atoms with Gasteiger partial charge in [-0.1, -0.05) is 18.2 Å². The Balaban J connectivity index is 1.23. The van der Waals surface area contributed by atoms with Crippen LogP contribution < -0.4 is 0 Å². The van der Waals surface area contributed by atoms with Crippen LogP contribution in [0.4, 0.5) is 0 Å². The zero-order valence-electron chi connectivity index (χ0n) is 15.9. The average molecular weight is 368 g/mol. The Bertz CT molecular complexity index is 690. The molecule has 6 rings (SSSR count). The molecule has 1 aromatic carbocycles. The SMILES string of the molecule is C[C@@H]1O[C@@H](OC23CC4CC(CC(C4)C2)C3)C=C[C@@H]1OC(=O)c1ccccc1. The summed E-state index contributed by atoms with van der Waals surface area (Å²) < 4.78 is 18.3. The second-order valence-electron chi connectivity index (χ2n) is 9.05. The number of hydrogen-bond acceptors (Lipinski definition) is 4. The Morgan fingerprint density at radius 3 is 2.22 bits per heavy atom. The highest BCUT2D eigenvalue weighted by Crippen LogP contribution is 2.57. The fraction of sp³-hybridized carbons (Fsp3) is 0.609. The molecular formula is C23H28O4. The molecule has 0 unspecified atom stereocenters. The molecule has 4 nitrogen and oxygen atoms in total. The molecule has 27 heavy (non-hydrogen) atoms. The van der Waals surface area contributed by atoms with Crippen LogP contribution >= 0.6 is 0 Å². The van der Waals surface area contributed by atoms with Crippen molar-refractivity contribution in [1.82, 2.24) is 0 Å². The van der Waals surface area contributed by atoms with Crippen molar-refractivity contribution >= 4 is 5.97 Å². The number of ether oxygens (including phenoxy) is 3. The van der Waals surface area contributed by atoms with E-state index < -0.39 is 0 Å². The molecule has 5 aliphatic rings. The second kappa shape index (κ2) is 6.75. The second-order valence-corrected chi connectivity index (χ2v) is 9.05. The molecule has 144 valence electrons. The molecular weight excluding hydrogens is 340 g/mol. The van der Waals surface area contributed by atoms with Gasteiger partial charge < -0.3 is 14.2 Å². The smallest absolute Gasteiger partial charge is 0.338 e. The lowest BCUT2D eigenvalue weighted by Gasteiger charge is -2.57. The molecule has 1 heterocycles. The van der Waals surface area contributed by atoms with Crippen molar-refractivity contribution in [3.05, 3.63) is 48.0 Å². The largest absolute Gasteiger partial charge is 0.452 e. The van der Waals surface area contributed by atoms with E-state index in [4.69, 9.17) is 14.2 Å². The van der Waals surface area contributed by atoms with E-state index in [0.29, 0.717) is 5.56 Å². The normalized spacial score (nSPS) is 42.3. The van der Waals surface area contributed by atoms with Crippen LogP contribution in [-0.4, -0.2) is 30.1 Å². The number of rotatable bonds is 4. The first-order valence-electron chi connectivity index (χ1n) is 10.4. The zero-order chi connectivity index (χ0) is 18.4. The summed E-state index contributed by atoms with van der Waals surface area (Å²) in [7, 11) is 0. The number of carbonyl (C=O) groups excluding carboxylic acids is 1. The first-order chi connectivity index (χ1) is 13.1. The van der Waals surface area contributed by atoms with Crippen LogP contribution in [0.3, 0.4) is 0 Å². The number of esters is 1. The number of benzene rings is 1. The fourth-order valence-electron chi connectivity index (χ4n) is 6.08. The third kappa shape index (κ3) is 3.45. The molecule has 0 N–H and O–H groups in total. The Morgan fingerprint density at radius 2 is 1.63 bits per heavy atom. The topological polar surface area (TPSA) is 44.8 Å². The van der Waals surface area contributed by atoms with Crippen molar-refractivity contribution in [2.75, 3.05) is 0 Å². The quantitative estimate of drug-likeness (QED) is 0.580. The Hall–Kier alpha value is -1.65. The van der Waals surface area contributed by atoms with Gasteiger partial charge in [0.25, 0.3) is 0 Å². The average Bonchev–Trinajstić information content (AvgIpc) is 2.63. The minimum Gasteiger partial charge on any atom is -0.452 e. The van der Waals surface area contributed by atoms with E-state index in [9.17, 15) is 4.79 Å². The van der Waals surface area contributed by atoms with Crippen LogP contribution in [0.25, 0.3) is 0 Å². The van der Waals surface area contributed by atoms with E-state index in [2.05, 4.69) is 0 Å². The van der Waals surface area contributed by atoms with Crippen LogP contribution in [0.2, 0.25) is 0 Å². The van der Waals surface area contributed by atoms with Crippen LogP contribution in [0.5, 0.6) is 0 Å². The summed E-state index contributed by atoms with van der Waals surface area (Å²) in [5.41, 5.74) is 0.571. The summed E-state index contributed by atoms with van der Waals surface area (Å²) in [5, 5.41) is 0. The van der Waals surface area contributed by atoms with E-state index in [1.54, 1.807) is 12.1 Å². The van der Waals surface area contributed by atoms with E-state index >= 15 is 0 Å². The van der Waals surface area contributed by atoms with E-state index in [1.807, 2.05) is 37.3 Å². The molecule has 1 aromatic rings. The van der Waals surface area contributed by atoms with Gasteiger partial charge in [0.05, 0.1) is 17.3 Å². The molecule has 1 aliphatic heterocycles. The number of hydrogen-bond donors (Lipinski definition) is 0. The van der Waals surface area contributed by atoms with Gasteiger partial charge in [-0.2, -0.15) is 0 Å². The molecule has 0 aromatic heterocycles. The van der Waals surface area contributed by atoms with Gasteiger partial charge in [-0.25, -0.2) is 4.79 Å². The first kappa shape index (κ1) is 17.4. The van der Waals surface area contributed by atoms with E-state index in [1.165, 1.54) is 38.5 Å². The van der Waals surface area contributed by atoms with Gasteiger partial charge in [0.1, 0.15) is 6.10 Å². The standard InChI is InChI=1S/C23H28O4/c1-15-20(26-22(24)19-5-3-2-4-6-19)7-8-21(25-15)27-23-12-16-9-17(13-23)11-18(10-16)14-23/h2-8,15-18,20-21H,9-14H2,1H3/t15-,16?,17?,18?,20-,21-,23?/m0/s1. The van der Waals surface area contributed by atoms with Gasteiger partial charge in [0.2, 0.25) is 0 Å². The minimum atomic E-state index is -0.381. The van der Waals surface area contributed by atoms with Crippen molar-refractivity contribution in [3.63, 3.8) is 0 Å². The van der Waals surface area contributed by atoms with Crippen molar-refractivity contribution < 1.29 is 19.0 Å². The molecule has 0 radical (unpaired) electrons. The summed E-state index contributed by atoms with van der Waals surface area (Å²) in [5.74, 6) is 2.23. The van der Waals surface area contributed by atoms with Gasteiger partial charge in [-0.05, 0) is 87.5 Å². The molecule has 3 atom stereocenters.